The molecule has 0 saturated heterocycles. The van der Waals surface area contributed by atoms with Gasteiger partial charge in [0.25, 0.3) is 0 Å². The summed E-state index contributed by atoms with van der Waals surface area (Å²) in [6.07, 6.45) is 0. The fourth-order valence-electron chi connectivity index (χ4n) is 0. The third-order valence-electron chi connectivity index (χ3n) is 0. The number of rotatable bonds is 0. The zero-order valence-corrected chi connectivity index (χ0v) is 6.19. The molecule has 0 spiro atoms. The van der Waals surface area contributed by atoms with E-state index in [1.165, 1.54) is 0 Å². The summed E-state index contributed by atoms with van der Waals surface area (Å²) in [6.45, 7) is 0. The maximum Gasteiger partial charge on any atom is 0 e. The first kappa shape index (κ1) is 63.0. The molecule has 5 heteroatoms. The molecule has 0 aromatic heterocycles. The van der Waals surface area contributed by atoms with Crippen molar-refractivity contribution in [3.63, 3.8) is 0 Å². The van der Waals surface area contributed by atoms with Gasteiger partial charge in [-0.25, -0.2) is 0 Å². The van der Waals surface area contributed by atoms with Gasteiger partial charge < -0.3 is 5.48 Å². The Morgan fingerprint density at radius 1 is 1.00 bits per heavy atom. The largest absolute Gasteiger partial charge is 0.412 e. The van der Waals surface area contributed by atoms with Crippen LogP contribution in [-0.2, 0) is 67.4 Å². The minimum atomic E-state index is 0. The van der Waals surface area contributed by atoms with Crippen LogP contribution in [0.5, 0.6) is 0 Å². The smallest absolute Gasteiger partial charge is 0 e. The van der Waals surface area contributed by atoms with E-state index in [9.17, 15) is 0 Å². The zero-order chi connectivity index (χ0) is 0. The van der Waals surface area contributed by atoms with E-state index in [1.54, 1.807) is 0 Å². The molecule has 0 rings (SSSR count). The van der Waals surface area contributed by atoms with Crippen molar-refractivity contribution in [2.45, 2.75) is 0 Å². The molecule has 0 aromatic carbocycles. The molecule has 0 fully saturated rings. The summed E-state index contributed by atoms with van der Waals surface area (Å²) in [5.41, 5.74) is 0. The Hall–Kier alpha value is 2.00. The Morgan fingerprint density at radius 3 is 1.00 bits per heavy atom. The van der Waals surface area contributed by atoms with Crippen LogP contribution < -0.4 is 0 Å². The zero-order valence-electron chi connectivity index (χ0n) is 1.88. The first-order valence-electron chi connectivity index (χ1n) is 0. The van der Waals surface area contributed by atoms with Crippen LogP contribution in [0.1, 0.15) is 0 Å². The average molecular weight is 246 g/mol. The molecule has 0 aliphatic carbocycles. The maximum absolute atomic E-state index is 0. The SMILES string of the molecule is O.[Co].[Fe].[Mn].[Ni]. The number of hydrogen-bond donors (Lipinski definition) is 0. The van der Waals surface area contributed by atoms with E-state index in [1.807, 2.05) is 0 Å². The van der Waals surface area contributed by atoms with Crippen molar-refractivity contribution in [3.05, 3.63) is 0 Å². The fraction of sp³-hybridized carbons (Fsp3) is 0. The normalized spacial score (nSPS) is 0. The Bertz CT molecular complexity index is 11.6. The molecule has 0 unspecified atom stereocenters. The van der Waals surface area contributed by atoms with Crippen molar-refractivity contribution < 1.29 is 72.9 Å². The summed E-state index contributed by atoms with van der Waals surface area (Å²) in [4.78, 5) is 0. The van der Waals surface area contributed by atoms with Crippen LogP contribution >= 0.6 is 0 Å². The molecular weight excluding hydrogens is 244 g/mol. The van der Waals surface area contributed by atoms with Gasteiger partial charge in [0.2, 0.25) is 0 Å². The Morgan fingerprint density at radius 2 is 1.00 bits per heavy atom. The molecule has 0 bridgehead atoms. The second kappa shape index (κ2) is 37.5. The minimum absolute atomic E-state index is 0. The van der Waals surface area contributed by atoms with Gasteiger partial charge in [0.15, 0.2) is 0 Å². The molecule has 0 amide bonds. The van der Waals surface area contributed by atoms with Crippen LogP contribution in [0, 0.1) is 0 Å². The van der Waals surface area contributed by atoms with Crippen LogP contribution in [0.3, 0.4) is 0 Å². The van der Waals surface area contributed by atoms with Crippen LogP contribution in [0.25, 0.3) is 0 Å². The quantitative estimate of drug-likeness (QED) is 0.500. The summed E-state index contributed by atoms with van der Waals surface area (Å²) >= 11 is 0. The molecule has 0 atom stereocenters. The van der Waals surface area contributed by atoms with Gasteiger partial charge in [-0.2, -0.15) is 0 Å². The second-order valence-electron chi connectivity index (χ2n) is 0. The number of hydrogen-bond acceptors (Lipinski definition) is 0. The molecule has 0 aliphatic rings. The van der Waals surface area contributed by atoms with E-state index in [0.717, 1.165) is 0 Å². The van der Waals surface area contributed by atoms with E-state index in [2.05, 4.69) is 0 Å². The average Bonchev–Trinajstić information content (AvgIpc) is 0. The van der Waals surface area contributed by atoms with E-state index in [0.29, 0.717) is 0 Å². The standard InChI is InChI=1S/Co.Fe.Mn.Ni.H2O/h;;;;1H2. The van der Waals surface area contributed by atoms with Gasteiger partial charge in [-0.1, -0.05) is 0 Å². The Balaban J connectivity index is 0. The van der Waals surface area contributed by atoms with Gasteiger partial charge in [0.05, 0.1) is 0 Å². The summed E-state index contributed by atoms with van der Waals surface area (Å²) in [5, 5.41) is 0. The topological polar surface area (TPSA) is 31.5 Å². The summed E-state index contributed by atoms with van der Waals surface area (Å²) < 4.78 is 0. The molecule has 1 nitrogen and oxygen atoms in total. The first-order valence-corrected chi connectivity index (χ1v) is 0. The van der Waals surface area contributed by atoms with Gasteiger partial charge in [-0.3, -0.25) is 0 Å². The van der Waals surface area contributed by atoms with Crippen molar-refractivity contribution >= 4 is 0 Å². The van der Waals surface area contributed by atoms with E-state index < -0.39 is 0 Å². The third-order valence-corrected chi connectivity index (χ3v) is 0. The van der Waals surface area contributed by atoms with Crippen molar-refractivity contribution in [1.29, 1.82) is 0 Å². The Labute approximate surface area is 72.4 Å². The predicted octanol–water partition coefficient (Wildman–Crippen LogP) is -0.835. The maximum atomic E-state index is 0. The Kier molecular flexibility index (Phi) is 473. The van der Waals surface area contributed by atoms with E-state index in [-0.39, 0.29) is 72.9 Å². The van der Waals surface area contributed by atoms with Crippen molar-refractivity contribution in [2.75, 3.05) is 0 Å². The van der Waals surface area contributed by atoms with Gasteiger partial charge in [0.1, 0.15) is 0 Å². The monoisotopic (exact) mass is 246 g/mol. The molecule has 0 heterocycles. The van der Waals surface area contributed by atoms with Crippen molar-refractivity contribution in [2.24, 2.45) is 0 Å². The molecule has 0 saturated carbocycles. The summed E-state index contributed by atoms with van der Waals surface area (Å²) in [7, 11) is 0. The molecule has 5 heavy (non-hydrogen) atoms. The minimum Gasteiger partial charge on any atom is -0.412 e. The van der Waals surface area contributed by atoms with Gasteiger partial charge in [-0.05, 0) is 0 Å². The molecular formula is H2CoFeMnNiO. The van der Waals surface area contributed by atoms with Crippen molar-refractivity contribution in [3.8, 4) is 0 Å². The van der Waals surface area contributed by atoms with Crippen molar-refractivity contribution in [1.82, 2.24) is 0 Å². The predicted molar refractivity (Wildman–Crippen MR) is 3.61 cm³/mol. The van der Waals surface area contributed by atoms with Gasteiger partial charge in [-0.15, -0.1) is 0 Å². The first-order chi connectivity index (χ1) is 0. The second-order valence-corrected chi connectivity index (χ2v) is 0. The third kappa shape index (κ3) is 24.0. The van der Waals surface area contributed by atoms with E-state index in [4.69, 9.17) is 0 Å². The van der Waals surface area contributed by atoms with Crippen LogP contribution in [0.2, 0.25) is 0 Å². The van der Waals surface area contributed by atoms with Crippen LogP contribution in [-0.4, -0.2) is 5.48 Å². The van der Waals surface area contributed by atoms with Gasteiger partial charge in [0, 0.05) is 67.4 Å². The van der Waals surface area contributed by atoms with E-state index >= 15 is 0 Å². The van der Waals surface area contributed by atoms with Crippen LogP contribution in [0.15, 0.2) is 0 Å². The molecule has 2 radical (unpaired) electrons. The molecule has 42 valence electrons. The molecule has 0 aromatic rings. The van der Waals surface area contributed by atoms with Gasteiger partial charge >= 0.3 is 0 Å². The summed E-state index contributed by atoms with van der Waals surface area (Å²) in [5.74, 6) is 0. The van der Waals surface area contributed by atoms with Crippen LogP contribution in [0.4, 0.5) is 0 Å². The fourth-order valence-corrected chi connectivity index (χ4v) is 0. The summed E-state index contributed by atoms with van der Waals surface area (Å²) in [6, 6.07) is 0. The molecule has 2 N–H and O–H groups in total. The molecule has 0 aliphatic heterocycles.